The zero-order valence-electron chi connectivity index (χ0n) is 11.1. The van der Waals surface area contributed by atoms with Crippen molar-refractivity contribution in [2.24, 2.45) is 11.3 Å². The maximum Gasteiger partial charge on any atom is 0.251 e. The number of aromatic nitrogens is 1. The number of hydrogen-bond donors (Lipinski definition) is 2. The standard InChI is InChI=1S/C14H17N3OS/c1-14(2)6-9(14)7-16-12(18)8-3-4-10-11(5-8)19-13(15)17-10/h3-5,9H,6-7H2,1-2H3,(H2,15,17)(H,16,18). The van der Waals surface area contributed by atoms with E-state index >= 15 is 0 Å². The highest BCUT2D eigenvalue weighted by Crippen LogP contribution is 2.50. The number of nitrogens with zero attached hydrogens (tertiary/aromatic N) is 1. The number of fused-ring (bicyclic) bond motifs is 1. The maximum atomic E-state index is 12.1. The summed E-state index contributed by atoms with van der Waals surface area (Å²) in [5.74, 6) is 0.593. The monoisotopic (exact) mass is 275 g/mol. The van der Waals surface area contributed by atoms with Crippen molar-refractivity contribution in [2.45, 2.75) is 20.3 Å². The third kappa shape index (κ3) is 2.42. The van der Waals surface area contributed by atoms with E-state index in [1.165, 1.54) is 17.8 Å². The molecule has 3 rings (SSSR count). The Morgan fingerprint density at radius 1 is 1.58 bits per heavy atom. The molecule has 3 N–H and O–H groups in total. The lowest BCUT2D eigenvalue weighted by Gasteiger charge is -2.06. The fourth-order valence-electron chi connectivity index (χ4n) is 2.33. The molecule has 1 aromatic heterocycles. The molecule has 1 aliphatic rings. The number of nitrogen functional groups attached to an aromatic ring is 1. The predicted molar refractivity (Wildman–Crippen MR) is 78.3 cm³/mol. The van der Waals surface area contributed by atoms with Gasteiger partial charge in [0.2, 0.25) is 0 Å². The Morgan fingerprint density at radius 2 is 2.32 bits per heavy atom. The van der Waals surface area contributed by atoms with Crippen molar-refractivity contribution in [1.29, 1.82) is 0 Å². The number of benzene rings is 1. The van der Waals surface area contributed by atoms with E-state index in [2.05, 4.69) is 24.1 Å². The summed E-state index contributed by atoms with van der Waals surface area (Å²) in [5.41, 5.74) is 7.58. The molecule has 0 saturated heterocycles. The molecular weight excluding hydrogens is 258 g/mol. The van der Waals surface area contributed by atoms with Gasteiger partial charge in [-0.2, -0.15) is 0 Å². The fraction of sp³-hybridized carbons (Fsp3) is 0.429. The van der Waals surface area contributed by atoms with Crippen LogP contribution in [0.5, 0.6) is 0 Å². The number of carbonyl (C=O) groups is 1. The largest absolute Gasteiger partial charge is 0.375 e. The normalized spacial score (nSPS) is 20.4. The third-order valence-electron chi connectivity index (χ3n) is 3.89. The van der Waals surface area contributed by atoms with Crippen LogP contribution in [-0.2, 0) is 0 Å². The van der Waals surface area contributed by atoms with Crippen molar-refractivity contribution in [2.75, 3.05) is 12.3 Å². The van der Waals surface area contributed by atoms with Crippen molar-refractivity contribution < 1.29 is 4.79 Å². The smallest absolute Gasteiger partial charge is 0.251 e. The quantitative estimate of drug-likeness (QED) is 0.905. The van der Waals surface area contributed by atoms with E-state index in [4.69, 9.17) is 5.73 Å². The van der Waals surface area contributed by atoms with Gasteiger partial charge in [0.25, 0.3) is 5.91 Å². The number of rotatable bonds is 3. The zero-order chi connectivity index (χ0) is 13.6. The second-order valence-corrected chi connectivity index (χ2v) is 6.90. The van der Waals surface area contributed by atoms with E-state index in [1.807, 2.05) is 12.1 Å². The van der Waals surface area contributed by atoms with Gasteiger partial charge in [-0.05, 0) is 36.0 Å². The van der Waals surface area contributed by atoms with E-state index in [0.29, 0.717) is 22.0 Å². The second kappa shape index (κ2) is 4.20. The van der Waals surface area contributed by atoms with E-state index in [-0.39, 0.29) is 5.91 Å². The number of amides is 1. The molecule has 2 aromatic rings. The van der Waals surface area contributed by atoms with Crippen LogP contribution in [0, 0.1) is 11.3 Å². The lowest BCUT2D eigenvalue weighted by atomic mass is 10.1. The Kier molecular flexibility index (Phi) is 2.74. The molecule has 0 aliphatic heterocycles. The number of hydrogen-bond acceptors (Lipinski definition) is 4. The van der Waals surface area contributed by atoms with Crippen LogP contribution < -0.4 is 11.1 Å². The van der Waals surface area contributed by atoms with Crippen molar-refractivity contribution in [3.8, 4) is 0 Å². The van der Waals surface area contributed by atoms with Crippen LogP contribution in [0.1, 0.15) is 30.6 Å². The molecule has 100 valence electrons. The summed E-state index contributed by atoms with van der Waals surface area (Å²) in [6.45, 7) is 5.22. The predicted octanol–water partition coefficient (Wildman–Crippen LogP) is 2.65. The van der Waals surface area contributed by atoms with Crippen molar-refractivity contribution in [1.82, 2.24) is 10.3 Å². The van der Waals surface area contributed by atoms with E-state index in [9.17, 15) is 4.79 Å². The fourth-order valence-corrected chi connectivity index (χ4v) is 3.10. The number of anilines is 1. The molecule has 4 nitrogen and oxygen atoms in total. The molecule has 5 heteroatoms. The van der Waals surface area contributed by atoms with E-state index in [1.54, 1.807) is 6.07 Å². The van der Waals surface area contributed by atoms with Crippen molar-refractivity contribution in [3.05, 3.63) is 23.8 Å². The number of nitrogens with one attached hydrogen (secondary N) is 1. The summed E-state index contributed by atoms with van der Waals surface area (Å²) in [4.78, 5) is 16.3. The van der Waals surface area contributed by atoms with E-state index in [0.717, 1.165) is 16.8 Å². The molecule has 0 spiro atoms. The van der Waals surface area contributed by atoms with Crippen LogP contribution in [0.15, 0.2) is 18.2 Å². The molecule has 1 amide bonds. The van der Waals surface area contributed by atoms with Gasteiger partial charge in [0.05, 0.1) is 10.2 Å². The van der Waals surface area contributed by atoms with Crippen LogP contribution in [0.3, 0.4) is 0 Å². The Bertz CT molecular complexity index is 647. The van der Waals surface area contributed by atoms with Crippen LogP contribution in [0.4, 0.5) is 5.13 Å². The average Bonchev–Trinajstić information content (AvgIpc) is 2.79. The van der Waals surface area contributed by atoms with Gasteiger partial charge >= 0.3 is 0 Å². The number of thiazole rings is 1. The molecule has 1 saturated carbocycles. The van der Waals surface area contributed by atoms with Crippen LogP contribution in [-0.4, -0.2) is 17.4 Å². The first-order chi connectivity index (χ1) is 8.95. The minimum Gasteiger partial charge on any atom is -0.375 e. The number of nitrogens with two attached hydrogens (primary N) is 1. The molecule has 19 heavy (non-hydrogen) atoms. The first-order valence-corrected chi connectivity index (χ1v) is 7.22. The number of carbonyl (C=O) groups excluding carboxylic acids is 1. The first-order valence-electron chi connectivity index (χ1n) is 6.40. The molecule has 0 bridgehead atoms. The minimum atomic E-state index is -0.0171. The van der Waals surface area contributed by atoms with Crippen LogP contribution in [0.25, 0.3) is 10.2 Å². The maximum absolute atomic E-state index is 12.1. The molecule has 1 heterocycles. The van der Waals surface area contributed by atoms with Crippen LogP contribution >= 0.6 is 11.3 Å². The molecule has 1 atom stereocenters. The van der Waals surface area contributed by atoms with Gasteiger partial charge in [-0.25, -0.2) is 4.98 Å². The molecule has 1 aliphatic carbocycles. The SMILES string of the molecule is CC1(C)CC1CNC(=O)c1ccc2nc(N)sc2c1. The van der Waals surface area contributed by atoms with Gasteiger partial charge in [0, 0.05) is 12.1 Å². The highest BCUT2D eigenvalue weighted by Gasteiger charge is 2.45. The lowest BCUT2D eigenvalue weighted by Crippen LogP contribution is -2.26. The summed E-state index contributed by atoms with van der Waals surface area (Å²) in [7, 11) is 0. The van der Waals surface area contributed by atoms with Gasteiger partial charge in [-0.15, -0.1) is 0 Å². The Labute approximate surface area is 116 Å². The summed E-state index contributed by atoms with van der Waals surface area (Å²) in [6, 6.07) is 5.50. The highest BCUT2D eigenvalue weighted by atomic mass is 32.1. The Hall–Kier alpha value is -1.62. The van der Waals surface area contributed by atoms with Gasteiger partial charge < -0.3 is 11.1 Å². The topological polar surface area (TPSA) is 68.0 Å². The molecule has 1 aromatic carbocycles. The summed E-state index contributed by atoms with van der Waals surface area (Å²) in [5, 5.41) is 3.54. The summed E-state index contributed by atoms with van der Waals surface area (Å²) in [6.07, 6.45) is 1.19. The van der Waals surface area contributed by atoms with Gasteiger partial charge in [-0.1, -0.05) is 25.2 Å². The molecule has 1 fully saturated rings. The van der Waals surface area contributed by atoms with Crippen LogP contribution in [0.2, 0.25) is 0 Å². The zero-order valence-corrected chi connectivity index (χ0v) is 11.9. The Morgan fingerprint density at radius 3 is 3.00 bits per heavy atom. The third-order valence-corrected chi connectivity index (χ3v) is 4.74. The molecule has 0 radical (unpaired) electrons. The minimum absolute atomic E-state index is 0.0171. The van der Waals surface area contributed by atoms with E-state index < -0.39 is 0 Å². The van der Waals surface area contributed by atoms with Crippen molar-refractivity contribution >= 4 is 32.6 Å². The summed E-state index contributed by atoms with van der Waals surface area (Å²) < 4.78 is 0.955. The lowest BCUT2D eigenvalue weighted by molar-refractivity contribution is 0.0951. The molecule has 1 unspecified atom stereocenters. The highest BCUT2D eigenvalue weighted by molar-refractivity contribution is 7.22. The molecular formula is C14H17N3OS. The van der Waals surface area contributed by atoms with Crippen molar-refractivity contribution in [3.63, 3.8) is 0 Å². The van der Waals surface area contributed by atoms with Gasteiger partial charge in [0.15, 0.2) is 5.13 Å². The summed E-state index contributed by atoms with van der Waals surface area (Å²) >= 11 is 1.41. The average molecular weight is 275 g/mol. The van der Waals surface area contributed by atoms with Gasteiger partial charge in [-0.3, -0.25) is 4.79 Å². The first kappa shape index (κ1) is 12.4. The Balaban J connectivity index is 1.70. The second-order valence-electron chi connectivity index (χ2n) is 5.83. The van der Waals surface area contributed by atoms with Gasteiger partial charge in [0.1, 0.15) is 0 Å².